The van der Waals surface area contributed by atoms with Crippen LogP contribution in [0.15, 0.2) is 30.5 Å². The number of halogens is 6. The topological polar surface area (TPSA) is 30.0 Å². The molecular formula is C18H13Cl3F3NO. The lowest BCUT2D eigenvalue weighted by Crippen LogP contribution is -2.27. The molecule has 0 N–H and O–H groups in total. The van der Waals surface area contributed by atoms with Crippen LogP contribution in [0.25, 0.3) is 0 Å². The van der Waals surface area contributed by atoms with Gasteiger partial charge >= 0.3 is 6.18 Å². The van der Waals surface area contributed by atoms with E-state index >= 15 is 0 Å². The van der Waals surface area contributed by atoms with Crippen LogP contribution in [-0.4, -0.2) is 10.8 Å². The highest BCUT2D eigenvalue weighted by Crippen LogP contribution is 2.49. The van der Waals surface area contributed by atoms with E-state index in [0.29, 0.717) is 16.2 Å². The molecule has 2 atom stereocenters. The summed E-state index contributed by atoms with van der Waals surface area (Å²) in [6.45, 7) is 0. The minimum Gasteiger partial charge on any atom is -0.292 e. The molecule has 26 heavy (non-hydrogen) atoms. The number of rotatable bonds is 4. The number of aromatic nitrogens is 1. The van der Waals surface area contributed by atoms with Gasteiger partial charge in [0.15, 0.2) is 5.78 Å². The van der Waals surface area contributed by atoms with Crippen LogP contribution < -0.4 is 0 Å². The monoisotopic (exact) mass is 421 g/mol. The molecule has 1 aromatic heterocycles. The van der Waals surface area contributed by atoms with Gasteiger partial charge in [-0.3, -0.25) is 9.78 Å². The molecule has 1 fully saturated rings. The fourth-order valence-corrected chi connectivity index (χ4v) is 4.14. The third-order valence-electron chi connectivity index (χ3n) is 4.67. The molecule has 1 saturated carbocycles. The molecule has 1 heterocycles. The summed E-state index contributed by atoms with van der Waals surface area (Å²) in [5.41, 5.74) is -0.314. The highest BCUT2D eigenvalue weighted by molar-refractivity contribution is 6.36. The van der Waals surface area contributed by atoms with Gasteiger partial charge in [-0.05, 0) is 48.4 Å². The van der Waals surface area contributed by atoms with Crippen molar-refractivity contribution in [3.8, 4) is 0 Å². The van der Waals surface area contributed by atoms with E-state index in [9.17, 15) is 18.0 Å². The van der Waals surface area contributed by atoms with Crippen LogP contribution in [0.1, 0.15) is 46.8 Å². The molecule has 1 aliphatic rings. The summed E-state index contributed by atoms with van der Waals surface area (Å²) in [5, 5.41) is 0.798. The van der Waals surface area contributed by atoms with Crippen molar-refractivity contribution in [1.82, 2.24) is 4.98 Å². The smallest absolute Gasteiger partial charge is 0.292 e. The average molecular weight is 423 g/mol. The average Bonchev–Trinajstić information content (AvgIpc) is 2.53. The zero-order valence-corrected chi connectivity index (χ0v) is 15.6. The lowest BCUT2D eigenvalue weighted by atomic mass is 9.67. The normalized spacial score (nSPS) is 19.9. The second kappa shape index (κ2) is 7.37. The molecule has 3 rings (SSSR count). The van der Waals surface area contributed by atoms with Gasteiger partial charge in [0.1, 0.15) is 5.69 Å². The summed E-state index contributed by atoms with van der Waals surface area (Å²) in [6.07, 6.45) is -2.16. The summed E-state index contributed by atoms with van der Waals surface area (Å²) in [7, 11) is 0. The van der Waals surface area contributed by atoms with Crippen molar-refractivity contribution < 1.29 is 18.0 Å². The van der Waals surface area contributed by atoms with Crippen LogP contribution in [0, 0.1) is 5.92 Å². The Morgan fingerprint density at radius 3 is 2.27 bits per heavy atom. The molecule has 2 nitrogen and oxygen atoms in total. The summed E-state index contributed by atoms with van der Waals surface area (Å²) in [5.74, 6) is -0.352. The van der Waals surface area contributed by atoms with Crippen LogP contribution in [0.3, 0.4) is 0 Å². The molecule has 0 spiro atoms. The number of nitrogens with zero attached hydrogens (tertiary/aromatic N) is 1. The van der Waals surface area contributed by atoms with E-state index in [4.69, 9.17) is 34.8 Å². The van der Waals surface area contributed by atoms with Crippen molar-refractivity contribution in [2.45, 2.75) is 31.4 Å². The van der Waals surface area contributed by atoms with Gasteiger partial charge in [0.2, 0.25) is 0 Å². The minimum atomic E-state index is -4.56. The van der Waals surface area contributed by atoms with E-state index in [1.54, 1.807) is 18.2 Å². The predicted molar refractivity (Wildman–Crippen MR) is 95.1 cm³/mol. The molecule has 138 valence electrons. The summed E-state index contributed by atoms with van der Waals surface area (Å²) >= 11 is 18.3. The molecule has 0 aliphatic heterocycles. The third kappa shape index (κ3) is 3.85. The number of pyridine rings is 1. The van der Waals surface area contributed by atoms with Crippen molar-refractivity contribution in [2.24, 2.45) is 5.92 Å². The second-order valence-electron chi connectivity index (χ2n) is 6.26. The van der Waals surface area contributed by atoms with Crippen molar-refractivity contribution >= 4 is 40.6 Å². The fraction of sp³-hybridized carbons (Fsp3) is 0.333. The third-order valence-corrected chi connectivity index (χ3v) is 5.62. The summed E-state index contributed by atoms with van der Waals surface area (Å²) in [4.78, 5) is 16.1. The zero-order valence-electron chi connectivity index (χ0n) is 13.3. The number of carbonyl (C=O) groups excluding carboxylic acids is 1. The molecule has 0 radical (unpaired) electrons. The number of alkyl halides is 3. The van der Waals surface area contributed by atoms with Crippen LogP contribution in [0.4, 0.5) is 13.2 Å². The zero-order chi connectivity index (χ0) is 19.1. The second-order valence-corrected chi connectivity index (χ2v) is 7.48. The maximum atomic E-state index is 12.7. The van der Waals surface area contributed by atoms with Crippen molar-refractivity contribution in [2.75, 3.05) is 0 Å². The van der Waals surface area contributed by atoms with Crippen LogP contribution in [0.5, 0.6) is 0 Å². The highest BCUT2D eigenvalue weighted by Gasteiger charge is 2.37. The molecule has 0 saturated heterocycles. The van der Waals surface area contributed by atoms with Gasteiger partial charge in [-0.15, -0.1) is 0 Å². The van der Waals surface area contributed by atoms with Gasteiger partial charge in [0.25, 0.3) is 0 Å². The van der Waals surface area contributed by atoms with Crippen LogP contribution in [0.2, 0.25) is 15.1 Å². The summed E-state index contributed by atoms with van der Waals surface area (Å²) < 4.78 is 38.0. The molecular weight excluding hydrogens is 410 g/mol. The first-order valence-electron chi connectivity index (χ1n) is 7.88. The highest BCUT2D eigenvalue weighted by atomic mass is 35.5. The number of carbonyl (C=O) groups is 1. The number of hydrogen-bond acceptors (Lipinski definition) is 2. The lowest BCUT2D eigenvalue weighted by Gasteiger charge is -2.37. The molecule has 0 amide bonds. The molecule has 1 aromatic carbocycles. The number of Topliss-reactive ketones (excluding diaryl/α,β-unsaturated/α-hetero) is 1. The predicted octanol–water partition coefficient (Wildman–Crippen LogP) is 6.83. The Labute approximate surface area is 163 Å². The number of hydrogen-bond donors (Lipinski definition) is 0. The van der Waals surface area contributed by atoms with Crippen molar-refractivity contribution in [3.05, 3.63) is 62.4 Å². The Morgan fingerprint density at radius 1 is 1.12 bits per heavy atom. The van der Waals surface area contributed by atoms with E-state index in [1.165, 1.54) is 0 Å². The molecule has 0 bridgehead atoms. The largest absolute Gasteiger partial charge is 0.417 e. The quantitative estimate of drug-likeness (QED) is 0.506. The van der Waals surface area contributed by atoms with E-state index in [-0.39, 0.29) is 34.8 Å². The maximum absolute atomic E-state index is 12.7. The van der Waals surface area contributed by atoms with Gasteiger partial charge in [0, 0.05) is 22.7 Å². The van der Waals surface area contributed by atoms with Gasteiger partial charge in [0.05, 0.1) is 10.6 Å². The minimum absolute atomic E-state index is 0.0000549. The Bertz CT molecular complexity index is 834. The van der Waals surface area contributed by atoms with Gasteiger partial charge in [-0.25, -0.2) is 0 Å². The molecule has 1 aliphatic carbocycles. The molecule has 0 unspecified atom stereocenters. The number of ketones is 1. The first kappa shape index (κ1) is 19.5. The van der Waals surface area contributed by atoms with Crippen molar-refractivity contribution in [3.63, 3.8) is 0 Å². The van der Waals surface area contributed by atoms with Gasteiger partial charge in [-0.2, -0.15) is 13.2 Å². The SMILES string of the molecule is O=C(C[C@@H]1CC[C@@H]1c1c(Cl)cccc1Cl)c1ncc(C(F)(F)F)cc1Cl. The Balaban J connectivity index is 1.77. The Kier molecular flexibility index (Phi) is 5.52. The van der Waals surface area contributed by atoms with Crippen LogP contribution >= 0.6 is 34.8 Å². The molecule has 8 heteroatoms. The first-order chi connectivity index (χ1) is 12.2. The maximum Gasteiger partial charge on any atom is 0.417 e. The standard InChI is InChI=1S/C18H13Cl3F3NO/c19-12-2-1-3-13(20)16(12)11-5-4-9(11)6-15(26)17-14(21)7-10(8-25-17)18(22,23)24/h1-3,7-9,11H,4-6H2/t9-,11-/m0/s1. The van der Waals surface area contributed by atoms with Gasteiger partial charge in [-0.1, -0.05) is 40.9 Å². The first-order valence-corrected chi connectivity index (χ1v) is 9.01. The molecule has 2 aromatic rings. The van der Waals surface area contributed by atoms with Crippen molar-refractivity contribution in [1.29, 1.82) is 0 Å². The van der Waals surface area contributed by atoms with E-state index in [0.717, 1.165) is 24.5 Å². The number of benzene rings is 1. The fourth-order valence-electron chi connectivity index (χ4n) is 3.19. The van der Waals surface area contributed by atoms with E-state index in [1.807, 2.05) is 0 Å². The summed E-state index contributed by atoms with van der Waals surface area (Å²) in [6, 6.07) is 5.96. The lowest BCUT2D eigenvalue weighted by molar-refractivity contribution is -0.137. The van der Waals surface area contributed by atoms with E-state index < -0.39 is 11.7 Å². The van der Waals surface area contributed by atoms with Crippen LogP contribution in [-0.2, 0) is 6.18 Å². The Morgan fingerprint density at radius 2 is 1.77 bits per heavy atom. The van der Waals surface area contributed by atoms with Gasteiger partial charge < -0.3 is 0 Å². The Hall–Kier alpha value is -1.30. The van der Waals surface area contributed by atoms with E-state index in [2.05, 4.69) is 4.98 Å².